The van der Waals surface area contributed by atoms with Crippen LogP contribution in [0.5, 0.6) is 0 Å². The zero-order valence-electron chi connectivity index (χ0n) is 9.33. The molecule has 1 heterocycles. The van der Waals surface area contributed by atoms with Gasteiger partial charge in [0.1, 0.15) is 0 Å². The number of rotatable bonds is 2. The Balaban J connectivity index is 2.46. The second-order valence-electron chi connectivity index (χ2n) is 4.10. The highest BCUT2D eigenvalue weighted by molar-refractivity contribution is 9.10. The van der Waals surface area contributed by atoms with E-state index in [4.69, 9.17) is 5.73 Å². The van der Waals surface area contributed by atoms with Gasteiger partial charge in [0, 0.05) is 9.35 Å². The Hall–Kier alpha value is -0.640. The highest BCUT2D eigenvalue weighted by Crippen LogP contribution is 2.32. The predicted octanol–water partition coefficient (Wildman–Crippen LogP) is 4.04. The third-order valence-electron chi connectivity index (χ3n) is 2.86. The minimum absolute atomic E-state index is 0.412. The number of halogens is 1. The van der Waals surface area contributed by atoms with Crippen LogP contribution >= 0.6 is 27.3 Å². The van der Waals surface area contributed by atoms with Gasteiger partial charge in [-0.2, -0.15) is 0 Å². The molecule has 1 unspecified atom stereocenters. The van der Waals surface area contributed by atoms with Crippen molar-refractivity contribution in [2.24, 2.45) is 5.73 Å². The molecule has 1 aromatic carbocycles. The van der Waals surface area contributed by atoms with Crippen molar-refractivity contribution in [2.45, 2.75) is 19.4 Å². The van der Waals surface area contributed by atoms with E-state index < -0.39 is 5.54 Å². The summed E-state index contributed by atoms with van der Waals surface area (Å²) in [6.07, 6.45) is 0. The quantitative estimate of drug-likeness (QED) is 0.889. The molecule has 0 radical (unpaired) electrons. The lowest BCUT2D eigenvalue weighted by Gasteiger charge is -2.25. The zero-order valence-corrected chi connectivity index (χ0v) is 11.7. The molecule has 1 nitrogen and oxygen atoms in total. The van der Waals surface area contributed by atoms with E-state index >= 15 is 0 Å². The van der Waals surface area contributed by atoms with Gasteiger partial charge >= 0.3 is 0 Å². The maximum Gasteiger partial charge on any atom is 0.0647 e. The van der Waals surface area contributed by atoms with Crippen molar-refractivity contribution in [3.63, 3.8) is 0 Å². The largest absolute Gasteiger partial charge is 0.318 e. The minimum Gasteiger partial charge on any atom is -0.318 e. The van der Waals surface area contributed by atoms with Crippen LogP contribution in [-0.2, 0) is 5.54 Å². The second-order valence-corrected chi connectivity index (χ2v) is 6.14. The number of aryl methyl sites for hydroxylation is 1. The number of nitrogens with two attached hydrogens (primary N) is 1. The van der Waals surface area contributed by atoms with Gasteiger partial charge in [0.15, 0.2) is 0 Å². The molecular formula is C13H14BrNS. The molecule has 0 saturated carbocycles. The molecule has 0 aliphatic heterocycles. The van der Waals surface area contributed by atoms with Crippen LogP contribution in [0.3, 0.4) is 0 Å². The van der Waals surface area contributed by atoms with Gasteiger partial charge < -0.3 is 5.73 Å². The van der Waals surface area contributed by atoms with Crippen molar-refractivity contribution in [3.05, 3.63) is 56.2 Å². The van der Waals surface area contributed by atoms with Crippen LogP contribution < -0.4 is 5.73 Å². The first-order valence-corrected chi connectivity index (χ1v) is 6.78. The van der Waals surface area contributed by atoms with Crippen molar-refractivity contribution >= 4 is 27.3 Å². The maximum atomic E-state index is 6.45. The summed E-state index contributed by atoms with van der Waals surface area (Å²) in [6, 6.07) is 10.3. The van der Waals surface area contributed by atoms with Crippen molar-refractivity contribution in [1.29, 1.82) is 0 Å². The molecule has 3 heteroatoms. The molecule has 0 aliphatic rings. The molecule has 1 atom stereocenters. The third-order valence-corrected chi connectivity index (χ3v) is 4.24. The van der Waals surface area contributed by atoms with E-state index in [0.717, 1.165) is 10.0 Å². The summed E-state index contributed by atoms with van der Waals surface area (Å²) in [6.45, 7) is 4.18. The van der Waals surface area contributed by atoms with Crippen LogP contribution in [0.15, 0.2) is 40.2 Å². The normalized spacial score (nSPS) is 14.8. The topological polar surface area (TPSA) is 26.0 Å². The fourth-order valence-electron chi connectivity index (χ4n) is 1.88. The van der Waals surface area contributed by atoms with Gasteiger partial charge in [0.25, 0.3) is 0 Å². The number of hydrogen-bond acceptors (Lipinski definition) is 2. The molecule has 0 aliphatic carbocycles. The lowest BCUT2D eigenvalue weighted by molar-refractivity contribution is 0.602. The Bertz CT molecular complexity index is 485. The zero-order chi connectivity index (χ0) is 11.8. The highest BCUT2D eigenvalue weighted by atomic mass is 79.9. The smallest absolute Gasteiger partial charge is 0.0647 e. The van der Waals surface area contributed by atoms with Crippen LogP contribution in [-0.4, -0.2) is 0 Å². The highest BCUT2D eigenvalue weighted by Gasteiger charge is 2.25. The number of thiophene rings is 1. The summed E-state index contributed by atoms with van der Waals surface area (Å²) >= 11 is 5.18. The second kappa shape index (κ2) is 4.32. The van der Waals surface area contributed by atoms with Crippen LogP contribution in [0.2, 0.25) is 0 Å². The Morgan fingerprint density at radius 2 is 1.81 bits per heavy atom. The van der Waals surface area contributed by atoms with E-state index in [0.29, 0.717) is 0 Å². The van der Waals surface area contributed by atoms with E-state index in [1.165, 1.54) is 10.4 Å². The van der Waals surface area contributed by atoms with Gasteiger partial charge in [0.05, 0.1) is 5.54 Å². The van der Waals surface area contributed by atoms with Gasteiger partial charge in [-0.25, -0.2) is 0 Å². The monoisotopic (exact) mass is 295 g/mol. The summed E-state index contributed by atoms with van der Waals surface area (Å²) in [7, 11) is 0. The molecule has 2 rings (SSSR count). The molecule has 0 saturated heterocycles. The fourth-order valence-corrected chi connectivity index (χ4v) is 2.95. The molecule has 16 heavy (non-hydrogen) atoms. The molecule has 0 fully saturated rings. The molecular weight excluding hydrogens is 282 g/mol. The first-order chi connectivity index (χ1) is 7.51. The Morgan fingerprint density at radius 1 is 1.19 bits per heavy atom. The van der Waals surface area contributed by atoms with Crippen molar-refractivity contribution in [1.82, 2.24) is 0 Å². The Kier molecular flexibility index (Phi) is 3.19. The Morgan fingerprint density at radius 3 is 2.31 bits per heavy atom. The fraction of sp³-hybridized carbons (Fsp3) is 0.231. The average molecular weight is 296 g/mol. The molecule has 1 aromatic heterocycles. The van der Waals surface area contributed by atoms with Crippen molar-refractivity contribution < 1.29 is 0 Å². The molecule has 0 amide bonds. The van der Waals surface area contributed by atoms with Gasteiger partial charge in [0.2, 0.25) is 0 Å². The van der Waals surface area contributed by atoms with Gasteiger partial charge in [-0.05, 0) is 48.6 Å². The average Bonchev–Trinajstić information content (AvgIpc) is 2.66. The molecule has 0 spiro atoms. The van der Waals surface area contributed by atoms with Crippen LogP contribution in [0.4, 0.5) is 0 Å². The summed E-state index contributed by atoms with van der Waals surface area (Å²) in [5.41, 5.74) is 8.38. The van der Waals surface area contributed by atoms with Gasteiger partial charge in [-0.1, -0.05) is 28.1 Å². The van der Waals surface area contributed by atoms with E-state index in [1.54, 1.807) is 11.3 Å². The maximum absolute atomic E-state index is 6.45. The van der Waals surface area contributed by atoms with Gasteiger partial charge in [-0.15, -0.1) is 11.3 Å². The van der Waals surface area contributed by atoms with Crippen molar-refractivity contribution in [2.75, 3.05) is 0 Å². The lowest BCUT2D eigenvalue weighted by atomic mass is 9.86. The summed E-state index contributed by atoms with van der Waals surface area (Å²) < 4.78 is 1.08. The van der Waals surface area contributed by atoms with E-state index in [-0.39, 0.29) is 0 Å². The summed E-state index contributed by atoms with van der Waals surface area (Å²) in [4.78, 5) is 1.29. The van der Waals surface area contributed by atoms with Crippen LogP contribution in [0.25, 0.3) is 0 Å². The molecule has 84 valence electrons. The van der Waals surface area contributed by atoms with Crippen LogP contribution in [0, 0.1) is 6.92 Å². The SMILES string of the molecule is Cc1sccc1C(C)(N)c1ccc(Br)cc1. The summed E-state index contributed by atoms with van der Waals surface area (Å²) in [5, 5.41) is 2.09. The Labute approximate surface area is 108 Å². The first-order valence-electron chi connectivity index (χ1n) is 5.11. The number of benzene rings is 1. The molecule has 2 aromatic rings. The molecule has 0 bridgehead atoms. The van der Waals surface area contributed by atoms with Gasteiger partial charge in [-0.3, -0.25) is 0 Å². The van der Waals surface area contributed by atoms with E-state index in [9.17, 15) is 0 Å². The third kappa shape index (κ3) is 2.08. The van der Waals surface area contributed by atoms with E-state index in [2.05, 4.69) is 53.4 Å². The van der Waals surface area contributed by atoms with Crippen molar-refractivity contribution in [3.8, 4) is 0 Å². The first kappa shape index (κ1) is 11.8. The standard InChI is InChI=1S/C13H14BrNS/c1-9-12(7-8-16-9)13(2,15)10-3-5-11(14)6-4-10/h3-8H,15H2,1-2H3. The van der Waals surface area contributed by atoms with E-state index in [1.807, 2.05) is 12.1 Å². The number of hydrogen-bond donors (Lipinski definition) is 1. The van der Waals surface area contributed by atoms with Crippen LogP contribution in [0.1, 0.15) is 22.9 Å². The minimum atomic E-state index is -0.412. The lowest BCUT2D eigenvalue weighted by Crippen LogP contribution is -2.34. The molecule has 2 N–H and O–H groups in total. The summed E-state index contributed by atoms with van der Waals surface area (Å²) in [5.74, 6) is 0. The predicted molar refractivity (Wildman–Crippen MR) is 73.8 cm³/mol.